The fourth-order valence-corrected chi connectivity index (χ4v) is 18.7. The third-order valence-electron chi connectivity index (χ3n) is 24.1. The molecule has 8 aromatic carbocycles. The summed E-state index contributed by atoms with van der Waals surface area (Å²) in [6.07, 6.45) is 11.7. The molecule has 0 bridgehead atoms. The average Bonchev–Trinajstić information content (AvgIpc) is 1.59. The number of carbonyl (C=O) groups excluding carboxylic acids is 8. The zero-order valence-corrected chi connectivity index (χ0v) is 72.9. The number of esters is 4. The van der Waals surface area contributed by atoms with Gasteiger partial charge in [-0.25, -0.2) is 0 Å². The van der Waals surface area contributed by atoms with Crippen LogP contribution < -0.4 is 42.5 Å². The first-order chi connectivity index (χ1) is 57.7. The molecule has 632 valence electrons. The van der Waals surface area contributed by atoms with E-state index in [4.69, 9.17) is 112 Å². The van der Waals surface area contributed by atoms with E-state index in [0.29, 0.717) is 112 Å². The molecule has 4 aliphatic heterocycles. The molecular formula is C92H96Cl8N8O12. The second-order valence-corrected chi connectivity index (χ2v) is 35.5. The van der Waals surface area contributed by atoms with Gasteiger partial charge in [0.1, 0.15) is 22.2 Å². The van der Waals surface area contributed by atoms with Crippen molar-refractivity contribution in [1.82, 2.24) is 21.3 Å². The van der Waals surface area contributed by atoms with Crippen molar-refractivity contribution in [2.75, 3.05) is 75.9 Å². The second kappa shape index (κ2) is 39.5. The van der Waals surface area contributed by atoms with Crippen molar-refractivity contribution in [3.05, 3.63) is 255 Å². The number of amides is 4. The van der Waals surface area contributed by atoms with Gasteiger partial charge in [0.2, 0.25) is 23.6 Å². The molecule has 4 fully saturated rings. The van der Waals surface area contributed by atoms with Crippen LogP contribution in [0, 0.1) is 23.7 Å². The first-order valence-corrected chi connectivity index (χ1v) is 43.5. The number of methoxy groups -OCH3 is 4. The molecule has 8 N–H and O–H groups in total. The molecule has 4 heterocycles. The molecule has 0 spiro atoms. The van der Waals surface area contributed by atoms with Crippen LogP contribution in [0.15, 0.2) is 170 Å². The lowest BCUT2D eigenvalue weighted by Crippen LogP contribution is -2.53. The van der Waals surface area contributed by atoms with Gasteiger partial charge >= 0.3 is 23.9 Å². The molecule has 8 aromatic rings. The van der Waals surface area contributed by atoms with Gasteiger partial charge in [-0.1, -0.05) is 166 Å². The maximum Gasteiger partial charge on any atom is 0.305 e. The molecule has 0 radical (unpaired) electrons. The lowest BCUT2D eigenvalue weighted by Gasteiger charge is -2.37. The number of anilines is 4. The molecule has 28 heteroatoms. The summed E-state index contributed by atoms with van der Waals surface area (Å²) in [7, 11) is 5.49. The van der Waals surface area contributed by atoms with Gasteiger partial charge in [-0.2, -0.15) is 0 Å². The van der Waals surface area contributed by atoms with Gasteiger partial charge in [0.15, 0.2) is 0 Å². The molecule has 20 nitrogen and oxygen atoms in total. The van der Waals surface area contributed by atoms with Crippen LogP contribution in [0.25, 0.3) is 0 Å². The highest BCUT2D eigenvalue weighted by Crippen LogP contribution is 2.55. The van der Waals surface area contributed by atoms with E-state index in [-0.39, 0.29) is 96.9 Å². The smallest absolute Gasteiger partial charge is 0.305 e. The minimum absolute atomic E-state index is 0.143. The number of benzene rings is 8. The molecule has 4 amide bonds. The summed E-state index contributed by atoms with van der Waals surface area (Å²) in [6, 6.07) is 51.8. The van der Waals surface area contributed by atoms with Gasteiger partial charge < -0.3 is 40.2 Å². The minimum Gasteiger partial charge on any atom is -0.469 e. The summed E-state index contributed by atoms with van der Waals surface area (Å²) >= 11 is 49.9. The lowest BCUT2D eigenvalue weighted by atomic mass is 9.72. The second-order valence-electron chi connectivity index (χ2n) is 32.0. The molecule has 120 heavy (non-hydrogen) atoms. The first kappa shape index (κ1) is 89.4. The molecule has 0 unspecified atom stereocenters. The Morgan fingerprint density at radius 1 is 0.308 bits per heavy atom. The average molecular weight is 1790 g/mol. The summed E-state index contributed by atoms with van der Waals surface area (Å²) in [5.74, 6) is -0.861. The maximum atomic E-state index is 13.5. The Kier molecular flexibility index (Phi) is 29.4. The normalized spacial score (nSPS) is 21.1. The lowest BCUT2D eigenvalue weighted by molar-refractivity contribution is -0.142. The number of carbonyl (C=O) groups is 8. The zero-order valence-electron chi connectivity index (χ0n) is 66.8. The Balaban J connectivity index is 0.000000138. The number of ether oxygens (including phenoxy) is 4. The SMILES string of the molecule is COC(=O)CC[C@@H](c1cccc(Cl)c1)[C@@]1(NCC2CC2)C(=O)Nc2cc(Cl)ccc21.COC(=O)CC[C@@H](c1cccc(Cl)c1)[C@]1(NCC2CC2)C(=O)Nc2cc(Cl)ccc21.COC(=O)CC[C@H](c1cccc(Cl)c1)[C@@]1(NCC2CC2)C(=O)Nc2cc(Cl)ccc21.COC(=O)CC[C@H](c1cccc(Cl)c1)[C@]1(NCC2CC2)C(=O)Nc2cc(Cl)ccc21. The van der Waals surface area contributed by atoms with E-state index >= 15 is 0 Å². The number of nitrogens with one attached hydrogen (secondary N) is 8. The molecule has 4 aliphatic carbocycles. The molecule has 0 aromatic heterocycles. The summed E-state index contributed by atoms with van der Waals surface area (Å²) in [4.78, 5) is 102. The molecule has 4 saturated carbocycles. The Labute approximate surface area is 738 Å². The highest BCUT2D eigenvalue weighted by molar-refractivity contribution is 6.33. The van der Waals surface area contributed by atoms with Crippen molar-refractivity contribution in [3.8, 4) is 0 Å². The van der Waals surface area contributed by atoms with Crippen molar-refractivity contribution >= 4 is 163 Å². The molecule has 0 saturated heterocycles. The number of rotatable bonds is 32. The zero-order chi connectivity index (χ0) is 85.2. The third kappa shape index (κ3) is 20.5. The third-order valence-corrected chi connectivity index (χ3v) is 26.0. The molecular weight excluding hydrogens is 1690 g/mol. The highest BCUT2D eigenvalue weighted by Gasteiger charge is 2.58. The fraction of sp³-hybridized carbons (Fsp3) is 0.391. The van der Waals surface area contributed by atoms with E-state index in [1.807, 2.05) is 97.1 Å². The van der Waals surface area contributed by atoms with Gasteiger partial charge in [-0.05, 0) is 246 Å². The van der Waals surface area contributed by atoms with E-state index < -0.39 is 22.2 Å². The minimum atomic E-state index is -1.03. The van der Waals surface area contributed by atoms with Crippen LogP contribution in [0.1, 0.15) is 171 Å². The van der Waals surface area contributed by atoms with Crippen LogP contribution in [0.4, 0.5) is 22.7 Å². The van der Waals surface area contributed by atoms with Crippen molar-refractivity contribution in [3.63, 3.8) is 0 Å². The predicted molar refractivity (Wildman–Crippen MR) is 472 cm³/mol. The van der Waals surface area contributed by atoms with E-state index in [1.54, 1.807) is 72.8 Å². The summed E-state index contributed by atoms with van der Waals surface area (Å²) < 4.78 is 19.5. The van der Waals surface area contributed by atoms with Crippen molar-refractivity contribution in [2.24, 2.45) is 23.7 Å². The summed E-state index contributed by atoms with van der Waals surface area (Å²) in [5, 5.41) is 31.0. The topological polar surface area (TPSA) is 270 Å². The van der Waals surface area contributed by atoms with Crippen LogP contribution in [0.5, 0.6) is 0 Å². The van der Waals surface area contributed by atoms with E-state index in [2.05, 4.69) is 42.5 Å². The maximum absolute atomic E-state index is 13.5. The van der Waals surface area contributed by atoms with Crippen molar-refractivity contribution < 1.29 is 57.3 Å². The van der Waals surface area contributed by atoms with Crippen molar-refractivity contribution in [1.29, 1.82) is 0 Å². The first-order valence-electron chi connectivity index (χ1n) is 40.5. The van der Waals surface area contributed by atoms with Crippen LogP contribution in [-0.2, 0) is 79.5 Å². The largest absolute Gasteiger partial charge is 0.469 e. The number of fused-ring (bicyclic) bond motifs is 4. The Morgan fingerprint density at radius 2 is 0.500 bits per heavy atom. The van der Waals surface area contributed by atoms with Gasteiger partial charge in [0.25, 0.3) is 0 Å². The number of hydrogen-bond acceptors (Lipinski definition) is 16. The Bertz CT molecular complexity index is 4530. The van der Waals surface area contributed by atoms with E-state index in [1.165, 1.54) is 28.4 Å². The van der Waals surface area contributed by atoms with Gasteiger partial charge in [0, 0.05) is 135 Å². The molecule has 8 atom stereocenters. The van der Waals surface area contributed by atoms with Gasteiger partial charge in [0.05, 0.1) is 28.4 Å². The van der Waals surface area contributed by atoms with Gasteiger partial charge in [-0.3, -0.25) is 59.6 Å². The Hall–Kier alpha value is -8.32. The fourth-order valence-electron chi connectivity index (χ4n) is 17.2. The highest BCUT2D eigenvalue weighted by atomic mass is 35.5. The standard InChI is InChI=1S/4C23H24Cl2N2O3/c4*1-30-21(28)10-9-18(15-3-2-4-16(24)11-15)23(26-13-14-5-6-14)19-8-7-17(25)12-20(19)27-22(23)29/h4*2-4,7-8,11-12,14,18,26H,5-6,9-10,13H2,1H3,(H,27,29)/t2*18-,23+;2*18-,23-/m1010/s1. The summed E-state index contributed by atoms with van der Waals surface area (Å²) in [5.41, 5.74) is 5.62. The molecule has 16 rings (SSSR count). The quantitative estimate of drug-likeness (QED) is 0.0144. The Morgan fingerprint density at radius 3 is 0.675 bits per heavy atom. The molecule has 8 aliphatic rings. The summed E-state index contributed by atoms with van der Waals surface area (Å²) in [6.45, 7) is 2.91. The van der Waals surface area contributed by atoms with Gasteiger partial charge in [-0.15, -0.1) is 0 Å². The van der Waals surface area contributed by atoms with Crippen molar-refractivity contribution in [2.45, 2.75) is 149 Å². The van der Waals surface area contributed by atoms with Crippen LogP contribution in [0.2, 0.25) is 40.2 Å². The predicted octanol–water partition coefficient (Wildman–Crippen LogP) is 19.5. The van der Waals surface area contributed by atoms with E-state index in [9.17, 15) is 38.4 Å². The number of halogens is 8. The monoisotopic (exact) mass is 1780 g/mol. The number of hydrogen-bond donors (Lipinski definition) is 8. The van der Waals surface area contributed by atoms with Crippen LogP contribution in [-0.4, -0.2) is 102 Å². The van der Waals surface area contributed by atoms with E-state index in [0.717, 1.165) is 122 Å². The van der Waals surface area contributed by atoms with Crippen LogP contribution in [0.3, 0.4) is 0 Å². The van der Waals surface area contributed by atoms with Crippen LogP contribution >= 0.6 is 92.8 Å².